The molecule has 3 heteroatoms. The second-order valence-corrected chi connectivity index (χ2v) is 6.12. The van der Waals surface area contributed by atoms with E-state index in [4.69, 9.17) is 14.6 Å². The highest BCUT2D eigenvalue weighted by Crippen LogP contribution is 2.32. The maximum Gasteiger partial charge on any atom is 0.142 e. The van der Waals surface area contributed by atoms with Crippen LogP contribution in [0.25, 0.3) is 0 Å². The summed E-state index contributed by atoms with van der Waals surface area (Å²) in [5, 5.41) is 8.73. The summed E-state index contributed by atoms with van der Waals surface area (Å²) >= 11 is 0. The van der Waals surface area contributed by atoms with E-state index in [0.29, 0.717) is 6.61 Å². The van der Waals surface area contributed by atoms with Crippen molar-refractivity contribution in [1.82, 2.24) is 0 Å². The number of hydrogen-bond acceptors (Lipinski definition) is 3. The molecule has 0 aromatic heterocycles. The molecule has 1 aliphatic rings. The van der Waals surface area contributed by atoms with Crippen LogP contribution in [0, 0.1) is 6.42 Å². The van der Waals surface area contributed by atoms with Crippen LogP contribution in [0.1, 0.15) is 71.1 Å². The zero-order valence-corrected chi connectivity index (χ0v) is 14.6. The maximum absolute atomic E-state index is 8.73. The number of methoxy groups -OCH3 is 2. The molecular formula is C19H33O3. The van der Waals surface area contributed by atoms with E-state index in [1.54, 1.807) is 14.2 Å². The van der Waals surface area contributed by atoms with Crippen LogP contribution in [0.5, 0.6) is 0 Å². The molecule has 0 saturated heterocycles. The van der Waals surface area contributed by atoms with E-state index < -0.39 is 0 Å². The van der Waals surface area contributed by atoms with E-state index in [2.05, 4.69) is 13.3 Å². The van der Waals surface area contributed by atoms with E-state index in [1.165, 1.54) is 56.1 Å². The van der Waals surface area contributed by atoms with Gasteiger partial charge in [0.2, 0.25) is 0 Å². The second-order valence-electron chi connectivity index (χ2n) is 6.12. The highest BCUT2D eigenvalue weighted by molar-refractivity contribution is 5.38. The van der Waals surface area contributed by atoms with Crippen LogP contribution in [0.4, 0.5) is 0 Å². The van der Waals surface area contributed by atoms with Gasteiger partial charge in [-0.25, -0.2) is 0 Å². The Hall–Kier alpha value is -0.960. The summed E-state index contributed by atoms with van der Waals surface area (Å²) in [6.07, 6.45) is 14.1. The number of aliphatic hydroxyl groups is 1. The summed E-state index contributed by atoms with van der Waals surface area (Å²) in [4.78, 5) is 0. The Kier molecular flexibility index (Phi) is 10.1. The van der Waals surface area contributed by atoms with Gasteiger partial charge < -0.3 is 14.6 Å². The largest absolute Gasteiger partial charge is 0.497 e. The molecule has 1 N–H and O–H groups in total. The van der Waals surface area contributed by atoms with E-state index in [0.717, 1.165) is 30.8 Å². The SMILES string of the molecule is COC1=C(OC)CC(C)=C(CCCCCCCCCCO)[CH]1. The monoisotopic (exact) mass is 309 g/mol. The molecule has 0 fully saturated rings. The van der Waals surface area contributed by atoms with Crippen LogP contribution in [0.15, 0.2) is 22.7 Å². The van der Waals surface area contributed by atoms with Gasteiger partial charge in [0.25, 0.3) is 0 Å². The molecule has 0 aromatic rings. The van der Waals surface area contributed by atoms with Gasteiger partial charge in [-0.2, -0.15) is 0 Å². The fourth-order valence-corrected chi connectivity index (χ4v) is 2.92. The molecule has 0 spiro atoms. The third-order valence-electron chi connectivity index (χ3n) is 4.37. The van der Waals surface area contributed by atoms with Crippen LogP contribution in [0.2, 0.25) is 0 Å². The number of ether oxygens (including phenoxy) is 2. The van der Waals surface area contributed by atoms with Gasteiger partial charge >= 0.3 is 0 Å². The van der Waals surface area contributed by atoms with Crippen LogP contribution < -0.4 is 0 Å². The molecule has 0 amide bonds. The Labute approximate surface area is 136 Å². The third kappa shape index (κ3) is 6.87. The lowest BCUT2D eigenvalue weighted by molar-refractivity contribution is 0.218. The lowest BCUT2D eigenvalue weighted by Gasteiger charge is -2.22. The molecule has 127 valence electrons. The summed E-state index contributed by atoms with van der Waals surface area (Å²) in [6.45, 7) is 2.53. The van der Waals surface area contributed by atoms with Crippen LogP contribution in [-0.4, -0.2) is 25.9 Å². The fourth-order valence-electron chi connectivity index (χ4n) is 2.92. The molecule has 0 aliphatic heterocycles. The van der Waals surface area contributed by atoms with Crippen molar-refractivity contribution in [1.29, 1.82) is 0 Å². The van der Waals surface area contributed by atoms with Gasteiger partial charge in [0, 0.05) is 13.0 Å². The Bertz CT molecular complexity index is 369. The third-order valence-corrected chi connectivity index (χ3v) is 4.37. The molecule has 0 bridgehead atoms. The van der Waals surface area contributed by atoms with Crippen LogP contribution in [-0.2, 0) is 9.47 Å². The number of hydrogen-bond donors (Lipinski definition) is 1. The topological polar surface area (TPSA) is 38.7 Å². The summed E-state index contributed by atoms with van der Waals surface area (Å²) in [5.74, 6) is 1.82. The van der Waals surface area contributed by atoms with Crippen molar-refractivity contribution < 1.29 is 14.6 Å². The average molecular weight is 309 g/mol. The van der Waals surface area contributed by atoms with Gasteiger partial charge in [0.1, 0.15) is 11.5 Å². The molecule has 0 heterocycles. The number of allylic oxidation sites excluding steroid dienone is 2. The van der Waals surface area contributed by atoms with E-state index in [9.17, 15) is 0 Å². The van der Waals surface area contributed by atoms with Gasteiger partial charge in [-0.3, -0.25) is 0 Å². The first-order valence-corrected chi connectivity index (χ1v) is 8.68. The molecule has 0 atom stereocenters. The smallest absolute Gasteiger partial charge is 0.142 e. The molecule has 0 unspecified atom stereocenters. The summed E-state index contributed by atoms with van der Waals surface area (Å²) in [5.41, 5.74) is 2.82. The van der Waals surface area contributed by atoms with Crippen molar-refractivity contribution in [3.63, 3.8) is 0 Å². The zero-order chi connectivity index (χ0) is 16.2. The predicted molar refractivity (Wildman–Crippen MR) is 91.3 cm³/mol. The van der Waals surface area contributed by atoms with Gasteiger partial charge in [0.15, 0.2) is 0 Å². The Morgan fingerprint density at radius 3 is 2.05 bits per heavy atom. The van der Waals surface area contributed by atoms with Gasteiger partial charge in [-0.15, -0.1) is 0 Å². The van der Waals surface area contributed by atoms with Gasteiger partial charge in [-0.1, -0.05) is 49.7 Å². The quantitative estimate of drug-likeness (QED) is 0.520. The van der Waals surface area contributed by atoms with Gasteiger partial charge in [-0.05, 0) is 26.2 Å². The number of rotatable bonds is 12. The Balaban J connectivity index is 2.15. The highest BCUT2D eigenvalue weighted by atomic mass is 16.5. The highest BCUT2D eigenvalue weighted by Gasteiger charge is 2.19. The van der Waals surface area contributed by atoms with Crippen molar-refractivity contribution in [3.8, 4) is 0 Å². The summed E-state index contributed by atoms with van der Waals surface area (Å²) in [6, 6.07) is 0. The summed E-state index contributed by atoms with van der Waals surface area (Å²) < 4.78 is 10.8. The van der Waals surface area contributed by atoms with Crippen LogP contribution >= 0.6 is 0 Å². The van der Waals surface area contributed by atoms with Crippen molar-refractivity contribution in [2.45, 2.75) is 71.1 Å². The zero-order valence-electron chi connectivity index (χ0n) is 14.6. The van der Waals surface area contributed by atoms with Crippen LogP contribution in [0.3, 0.4) is 0 Å². The normalized spacial score (nSPS) is 15.5. The lowest BCUT2D eigenvalue weighted by Crippen LogP contribution is -2.08. The first kappa shape index (κ1) is 19.1. The summed E-state index contributed by atoms with van der Waals surface area (Å²) in [7, 11) is 3.42. The molecular weight excluding hydrogens is 276 g/mol. The predicted octanol–water partition coefficient (Wildman–Crippen LogP) is 4.92. The van der Waals surface area contributed by atoms with Crippen molar-refractivity contribution >= 4 is 0 Å². The molecule has 1 rings (SSSR count). The van der Waals surface area contributed by atoms with Gasteiger partial charge in [0.05, 0.1) is 20.6 Å². The minimum Gasteiger partial charge on any atom is -0.497 e. The van der Waals surface area contributed by atoms with Crippen molar-refractivity contribution in [3.05, 3.63) is 29.1 Å². The first-order valence-electron chi connectivity index (χ1n) is 8.68. The minimum absolute atomic E-state index is 0.341. The second kappa shape index (κ2) is 11.6. The van der Waals surface area contributed by atoms with E-state index in [-0.39, 0.29) is 0 Å². The molecule has 3 nitrogen and oxygen atoms in total. The molecule has 22 heavy (non-hydrogen) atoms. The van der Waals surface area contributed by atoms with E-state index in [1.807, 2.05) is 0 Å². The van der Waals surface area contributed by atoms with Crippen molar-refractivity contribution in [2.24, 2.45) is 0 Å². The Morgan fingerprint density at radius 1 is 0.909 bits per heavy atom. The van der Waals surface area contributed by atoms with Crippen molar-refractivity contribution in [2.75, 3.05) is 20.8 Å². The average Bonchev–Trinajstić information content (AvgIpc) is 2.54. The van der Waals surface area contributed by atoms with E-state index >= 15 is 0 Å². The standard InChI is InChI=1S/C19H33O3/c1-16-14-18(21-2)19(22-3)15-17(16)12-10-8-6-4-5-7-9-11-13-20/h15,20H,4-14H2,1-3H3. The maximum atomic E-state index is 8.73. The number of aliphatic hydroxyl groups excluding tert-OH is 1. The molecule has 0 aromatic carbocycles. The first-order chi connectivity index (χ1) is 10.7. The molecule has 0 saturated carbocycles. The Morgan fingerprint density at radius 2 is 1.50 bits per heavy atom. The molecule has 1 radical (unpaired) electrons. The number of unbranched alkanes of at least 4 members (excludes halogenated alkanes) is 7. The lowest BCUT2D eigenvalue weighted by atomic mass is 9.91. The minimum atomic E-state index is 0.341. The molecule has 1 aliphatic carbocycles. The fraction of sp³-hybridized carbons (Fsp3) is 0.737.